The predicted molar refractivity (Wildman–Crippen MR) is 54.7 cm³/mol. The van der Waals surface area contributed by atoms with Gasteiger partial charge in [0.2, 0.25) is 0 Å². The number of nitrogen functional groups attached to an aromatic ring is 1. The summed E-state index contributed by atoms with van der Waals surface area (Å²) in [5.74, 6) is 0. The molecule has 0 aliphatic rings. The van der Waals surface area contributed by atoms with Crippen LogP contribution < -0.4 is 11.1 Å². The van der Waals surface area contributed by atoms with Crippen molar-refractivity contribution in [3.8, 4) is 0 Å². The van der Waals surface area contributed by atoms with E-state index in [1.807, 2.05) is 25.1 Å². The molecule has 0 aliphatic heterocycles. The summed E-state index contributed by atoms with van der Waals surface area (Å²) in [6.07, 6.45) is 0.521. The molecule has 0 aliphatic carbocycles. The molecule has 0 fully saturated rings. The Bertz CT molecular complexity index is 274. The SMILES string of the molecule is Cc1ccc(N)c(NCCCF)c1. The highest BCUT2D eigenvalue weighted by Crippen LogP contribution is 2.19. The Morgan fingerprint density at radius 2 is 2.23 bits per heavy atom. The molecule has 1 rings (SSSR count). The first-order chi connectivity index (χ1) is 6.24. The standard InChI is InChI=1S/C10H15FN2/c1-8-3-4-9(12)10(7-8)13-6-2-5-11/h3-4,7,13H,2,5-6,12H2,1H3. The van der Waals surface area contributed by atoms with Crippen LogP contribution >= 0.6 is 0 Å². The number of rotatable bonds is 4. The van der Waals surface area contributed by atoms with Gasteiger partial charge in [0.25, 0.3) is 0 Å². The van der Waals surface area contributed by atoms with Crippen molar-refractivity contribution in [3.63, 3.8) is 0 Å². The number of aryl methyl sites for hydroxylation is 1. The van der Waals surface area contributed by atoms with Crippen LogP contribution in [0.15, 0.2) is 18.2 Å². The molecule has 0 aromatic heterocycles. The average Bonchev–Trinajstić information content (AvgIpc) is 2.11. The maximum absolute atomic E-state index is 11.8. The number of halogens is 1. The zero-order chi connectivity index (χ0) is 9.68. The molecule has 72 valence electrons. The smallest absolute Gasteiger partial charge is 0.0911 e. The maximum Gasteiger partial charge on any atom is 0.0911 e. The van der Waals surface area contributed by atoms with Crippen molar-refractivity contribution in [1.29, 1.82) is 0 Å². The van der Waals surface area contributed by atoms with Gasteiger partial charge in [0, 0.05) is 6.54 Å². The van der Waals surface area contributed by atoms with Crippen LogP contribution in [0, 0.1) is 6.92 Å². The minimum atomic E-state index is -0.293. The summed E-state index contributed by atoms with van der Waals surface area (Å²) in [6, 6.07) is 5.77. The molecule has 0 saturated carbocycles. The second kappa shape index (κ2) is 4.70. The van der Waals surface area contributed by atoms with Crippen molar-refractivity contribution in [2.24, 2.45) is 0 Å². The van der Waals surface area contributed by atoms with Crippen molar-refractivity contribution >= 4 is 11.4 Å². The van der Waals surface area contributed by atoms with Crippen LogP contribution in [0.1, 0.15) is 12.0 Å². The normalized spacial score (nSPS) is 10.0. The Morgan fingerprint density at radius 1 is 1.46 bits per heavy atom. The lowest BCUT2D eigenvalue weighted by molar-refractivity contribution is 0.481. The van der Waals surface area contributed by atoms with Gasteiger partial charge in [0.05, 0.1) is 18.0 Å². The van der Waals surface area contributed by atoms with Gasteiger partial charge in [-0.3, -0.25) is 4.39 Å². The number of anilines is 2. The van der Waals surface area contributed by atoms with Gasteiger partial charge in [0.15, 0.2) is 0 Å². The first-order valence-corrected chi connectivity index (χ1v) is 4.40. The van der Waals surface area contributed by atoms with E-state index in [0.29, 0.717) is 18.7 Å². The van der Waals surface area contributed by atoms with Gasteiger partial charge in [-0.2, -0.15) is 0 Å². The van der Waals surface area contributed by atoms with E-state index in [-0.39, 0.29) is 6.67 Å². The van der Waals surface area contributed by atoms with Crippen LogP contribution in [-0.4, -0.2) is 13.2 Å². The van der Waals surface area contributed by atoms with Crippen LogP contribution in [0.25, 0.3) is 0 Å². The van der Waals surface area contributed by atoms with Crippen molar-refractivity contribution in [3.05, 3.63) is 23.8 Å². The number of benzene rings is 1. The molecule has 0 spiro atoms. The molecule has 0 saturated heterocycles. The molecule has 0 bridgehead atoms. The fraction of sp³-hybridized carbons (Fsp3) is 0.400. The summed E-state index contributed by atoms with van der Waals surface area (Å²) in [4.78, 5) is 0. The van der Waals surface area contributed by atoms with E-state index in [0.717, 1.165) is 11.3 Å². The number of nitrogens with two attached hydrogens (primary N) is 1. The summed E-state index contributed by atoms with van der Waals surface area (Å²) < 4.78 is 11.8. The Labute approximate surface area is 77.9 Å². The zero-order valence-electron chi connectivity index (χ0n) is 7.81. The molecule has 2 nitrogen and oxygen atoms in total. The first-order valence-electron chi connectivity index (χ1n) is 4.40. The highest BCUT2D eigenvalue weighted by Gasteiger charge is 1.97. The first kappa shape index (κ1) is 9.84. The highest BCUT2D eigenvalue weighted by atomic mass is 19.1. The van der Waals surface area contributed by atoms with Gasteiger partial charge in [-0.05, 0) is 31.0 Å². The minimum Gasteiger partial charge on any atom is -0.397 e. The Balaban J connectivity index is 2.59. The van der Waals surface area contributed by atoms with Gasteiger partial charge < -0.3 is 11.1 Å². The van der Waals surface area contributed by atoms with Gasteiger partial charge in [-0.25, -0.2) is 0 Å². The molecular formula is C10H15FN2. The third-order valence-electron chi connectivity index (χ3n) is 1.83. The lowest BCUT2D eigenvalue weighted by Gasteiger charge is -2.08. The minimum absolute atomic E-state index is 0.293. The molecule has 1 aromatic carbocycles. The van der Waals surface area contributed by atoms with Gasteiger partial charge in [0.1, 0.15) is 0 Å². The fourth-order valence-electron chi connectivity index (χ4n) is 1.11. The van der Waals surface area contributed by atoms with Crippen LogP contribution in [0.3, 0.4) is 0 Å². The quantitative estimate of drug-likeness (QED) is 0.554. The summed E-state index contributed by atoms with van der Waals surface area (Å²) in [5.41, 5.74) is 8.47. The van der Waals surface area contributed by atoms with E-state index in [1.54, 1.807) is 0 Å². The fourth-order valence-corrected chi connectivity index (χ4v) is 1.11. The summed E-state index contributed by atoms with van der Waals surface area (Å²) in [6.45, 7) is 2.34. The monoisotopic (exact) mass is 182 g/mol. The third-order valence-corrected chi connectivity index (χ3v) is 1.83. The van der Waals surface area contributed by atoms with Gasteiger partial charge in [-0.1, -0.05) is 6.07 Å². The van der Waals surface area contributed by atoms with Crippen LogP contribution in [0.2, 0.25) is 0 Å². The lowest BCUT2D eigenvalue weighted by atomic mass is 10.2. The molecular weight excluding hydrogens is 167 g/mol. The molecule has 0 unspecified atom stereocenters. The summed E-state index contributed by atoms with van der Waals surface area (Å²) in [5, 5.41) is 3.09. The third kappa shape index (κ3) is 2.93. The topological polar surface area (TPSA) is 38.0 Å². The van der Waals surface area contributed by atoms with E-state index in [4.69, 9.17) is 5.73 Å². The molecule has 0 heterocycles. The van der Waals surface area contributed by atoms with E-state index >= 15 is 0 Å². The largest absolute Gasteiger partial charge is 0.397 e. The van der Waals surface area contributed by atoms with E-state index in [2.05, 4.69) is 5.32 Å². The zero-order valence-corrected chi connectivity index (χ0v) is 7.81. The van der Waals surface area contributed by atoms with E-state index < -0.39 is 0 Å². The Hall–Kier alpha value is -1.25. The second-order valence-electron chi connectivity index (χ2n) is 3.06. The molecule has 13 heavy (non-hydrogen) atoms. The average molecular weight is 182 g/mol. The number of alkyl halides is 1. The van der Waals surface area contributed by atoms with Crippen molar-refractivity contribution in [2.75, 3.05) is 24.3 Å². The highest BCUT2D eigenvalue weighted by molar-refractivity contribution is 5.66. The lowest BCUT2D eigenvalue weighted by Crippen LogP contribution is -2.04. The molecule has 3 heteroatoms. The maximum atomic E-state index is 11.8. The number of hydrogen-bond acceptors (Lipinski definition) is 2. The number of hydrogen-bond donors (Lipinski definition) is 2. The van der Waals surface area contributed by atoms with E-state index in [9.17, 15) is 4.39 Å². The Kier molecular flexibility index (Phi) is 3.55. The van der Waals surface area contributed by atoms with Crippen LogP contribution in [0.5, 0.6) is 0 Å². The Morgan fingerprint density at radius 3 is 2.92 bits per heavy atom. The van der Waals surface area contributed by atoms with Gasteiger partial charge >= 0.3 is 0 Å². The summed E-state index contributed by atoms with van der Waals surface area (Å²) in [7, 11) is 0. The molecule has 0 amide bonds. The second-order valence-corrected chi connectivity index (χ2v) is 3.06. The van der Waals surface area contributed by atoms with E-state index in [1.165, 1.54) is 0 Å². The number of nitrogens with one attached hydrogen (secondary N) is 1. The van der Waals surface area contributed by atoms with Crippen LogP contribution in [0.4, 0.5) is 15.8 Å². The predicted octanol–water partition coefficient (Wildman–Crippen LogP) is 2.35. The van der Waals surface area contributed by atoms with Crippen molar-refractivity contribution in [2.45, 2.75) is 13.3 Å². The van der Waals surface area contributed by atoms with Crippen molar-refractivity contribution < 1.29 is 4.39 Å². The van der Waals surface area contributed by atoms with Gasteiger partial charge in [-0.15, -0.1) is 0 Å². The van der Waals surface area contributed by atoms with Crippen molar-refractivity contribution in [1.82, 2.24) is 0 Å². The summed E-state index contributed by atoms with van der Waals surface area (Å²) >= 11 is 0. The molecule has 0 radical (unpaired) electrons. The molecule has 1 aromatic rings. The van der Waals surface area contributed by atoms with Crippen LogP contribution in [-0.2, 0) is 0 Å². The molecule has 3 N–H and O–H groups in total. The molecule has 0 atom stereocenters.